The fraction of sp³-hybridized carbons (Fsp3) is 0.900. The first-order valence-corrected chi connectivity index (χ1v) is 7.22. The zero-order valence-corrected chi connectivity index (χ0v) is 10.6. The molecule has 1 saturated heterocycles. The van der Waals surface area contributed by atoms with E-state index in [0.29, 0.717) is 18.8 Å². The molecule has 6 heteroatoms. The second-order valence-corrected chi connectivity index (χ2v) is 5.59. The highest BCUT2D eigenvalue weighted by Gasteiger charge is 2.18. The Morgan fingerprint density at radius 1 is 1.69 bits per heavy atom. The molecule has 0 aromatic rings. The lowest BCUT2D eigenvalue weighted by atomic mass is 10.2. The van der Waals surface area contributed by atoms with Crippen LogP contribution in [0.3, 0.4) is 0 Å². The van der Waals surface area contributed by atoms with Gasteiger partial charge in [-0.3, -0.25) is 9.00 Å². The summed E-state index contributed by atoms with van der Waals surface area (Å²) < 4.78 is 16.4. The highest BCUT2D eigenvalue weighted by molar-refractivity contribution is 7.84. The molecule has 0 aromatic heterocycles. The third-order valence-electron chi connectivity index (χ3n) is 2.31. The zero-order valence-electron chi connectivity index (χ0n) is 9.82. The summed E-state index contributed by atoms with van der Waals surface area (Å²) in [5.41, 5.74) is 0. The second kappa shape index (κ2) is 6.98. The molecule has 2 N–H and O–H groups in total. The van der Waals surface area contributed by atoms with Crippen LogP contribution in [-0.4, -0.2) is 54.0 Å². The summed E-state index contributed by atoms with van der Waals surface area (Å²) in [5, 5.41) is 5.99. The maximum absolute atomic E-state index is 11.6. The minimum Gasteiger partial charge on any atom is -0.375 e. The van der Waals surface area contributed by atoms with E-state index in [1.807, 2.05) is 6.92 Å². The van der Waals surface area contributed by atoms with Gasteiger partial charge in [-0.1, -0.05) is 0 Å². The van der Waals surface area contributed by atoms with Crippen LogP contribution < -0.4 is 10.6 Å². The van der Waals surface area contributed by atoms with E-state index in [0.717, 1.165) is 13.1 Å². The molecular weight excluding hydrogens is 228 g/mol. The number of carbonyl (C=O) groups excluding carboxylic acids is 1. The van der Waals surface area contributed by atoms with Gasteiger partial charge in [0.25, 0.3) is 0 Å². The smallest absolute Gasteiger partial charge is 0.222 e. The van der Waals surface area contributed by atoms with Crippen molar-refractivity contribution >= 4 is 16.7 Å². The van der Waals surface area contributed by atoms with E-state index >= 15 is 0 Å². The van der Waals surface area contributed by atoms with E-state index in [4.69, 9.17) is 4.74 Å². The van der Waals surface area contributed by atoms with Crippen molar-refractivity contribution in [3.8, 4) is 0 Å². The second-order valence-electron chi connectivity index (χ2n) is 4.11. The largest absolute Gasteiger partial charge is 0.375 e. The third-order valence-corrected chi connectivity index (χ3v) is 3.28. The fourth-order valence-electron chi connectivity index (χ4n) is 1.69. The maximum Gasteiger partial charge on any atom is 0.222 e. The first-order chi connectivity index (χ1) is 7.58. The van der Waals surface area contributed by atoms with Gasteiger partial charge >= 0.3 is 0 Å². The van der Waals surface area contributed by atoms with Crippen molar-refractivity contribution in [2.75, 3.05) is 31.7 Å². The minimum absolute atomic E-state index is 0.0342. The van der Waals surface area contributed by atoms with Gasteiger partial charge in [0.05, 0.1) is 19.1 Å². The van der Waals surface area contributed by atoms with Crippen LogP contribution in [0.4, 0.5) is 0 Å². The summed E-state index contributed by atoms with van der Waals surface area (Å²) in [6.45, 7) is 4.09. The Hall–Kier alpha value is -0.460. The molecule has 3 unspecified atom stereocenters. The molecule has 1 aliphatic rings. The molecule has 1 aliphatic heterocycles. The van der Waals surface area contributed by atoms with Crippen molar-refractivity contribution in [1.29, 1.82) is 0 Å². The molecule has 0 spiro atoms. The summed E-state index contributed by atoms with van der Waals surface area (Å²) in [6, 6.07) is -0.0464. The predicted molar refractivity (Wildman–Crippen MR) is 63.8 cm³/mol. The van der Waals surface area contributed by atoms with E-state index in [-0.39, 0.29) is 18.1 Å². The summed E-state index contributed by atoms with van der Waals surface area (Å²) in [6.07, 6.45) is 1.97. The van der Waals surface area contributed by atoms with Crippen molar-refractivity contribution in [3.63, 3.8) is 0 Å². The van der Waals surface area contributed by atoms with Crippen molar-refractivity contribution < 1.29 is 13.7 Å². The molecule has 0 bridgehead atoms. The standard InChI is InChI=1S/C10H20N2O3S/c1-8(7-16(2)14)12-10(13)5-9-6-11-3-4-15-9/h8-9,11H,3-7H2,1-2H3,(H,12,13). The number of rotatable bonds is 5. The molecule has 3 atom stereocenters. The van der Waals surface area contributed by atoms with Gasteiger partial charge in [0.2, 0.25) is 5.91 Å². The van der Waals surface area contributed by atoms with Crippen molar-refractivity contribution in [1.82, 2.24) is 10.6 Å². The number of amides is 1. The van der Waals surface area contributed by atoms with Crippen LogP contribution in [0.5, 0.6) is 0 Å². The normalized spacial score (nSPS) is 24.8. The van der Waals surface area contributed by atoms with Crippen LogP contribution >= 0.6 is 0 Å². The first-order valence-electron chi connectivity index (χ1n) is 5.49. The Balaban J connectivity index is 2.21. The molecule has 0 saturated carbocycles. The van der Waals surface area contributed by atoms with E-state index < -0.39 is 10.8 Å². The Morgan fingerprint density at radius 2 is 2.44 bits per heavy atom. The van der Waals surface area contributed by atoms with Gasteiger partial charge in [-0.2, -0.15) is 0 Å². The molecule has 1 fully saturated rings. The highest BCUT2D eigenvalue weighted by atomic mass is 32.2. The topological polar surface area (TPSA) is 67.4 Å². The van der Waals surface area contributed by atoms with Gasteiger partial charge in [-0.15, -0.1) is 0 Å². The van der Waals surface area contributed by atoms with Crippen molar-refractivity contribution in [3.05, 3.63) is 0 Å². The summed E-state index contributed by atoms with van der Waals surface area (Å²) in [4.78, 5) is 11.6. The van der Waals surface area contributed by atoms with Gasteiger partial charge in [0, 0.05) is 41.9 Å². The van der Waals surface area contributed by atoms with Crippen LogP contribution in [0.15, 0.2) is 0 Å². The lowest BCUT2D eigenvalue weighted by Gasteiger charge is -2.23. The van der Waals surface area contributed by atoms with Crippen LogP contribution in [0, 0.1) is 0 Å². The summed E-state index contributed by atoms with van der Waals surface area (Å²) in [7, 11) is -0.877. The average molecular weight is 248 g/mol. The number of morpholine rings is 1. The fourth-order valence-corrected chi connectivity index (χ4v) is 2.47. The van der Waals surface area contributed by atoms with E-state index in [9.17, 15) is 9.00 Å². The van der Waals surface area contributed by atoms with E-state index in [2.05, 4.69) is 10.6 Å². The van der Waals surface area contributed by atoms with Gasteiger partial charge in [-0.25, -0.2) is 0 Å². The predicted octanol–water partition coefficient (Wildman–Crippen LogP) is -0.752. The summed E-state index contributed by atoms with van der Waals surface area (Å²) >= 11 is 0. The highest BCUT2D eigenvalue weighted by Crippen LogP contribution is 2.01. The zero-order chi connectivity index (χ0) is 12.0. The summed E-state index contributed by atoms with van der Waals surface area (Å²) in [5.74, 6) is 0.460. The Morgan fingerprint density at radius 3 is 3.00 bits per heavy atom. The third kappa shape index (κ3) is 5.58. The van der Waals surface area contributed by atoms with Gasteiger partial charge in [-0.05, 0) is 6.92 Å². The molecule has 0 radical (unpaired) electrons. The maximum atomic E-state index is 11.6. The van der Waals surface area contributed by atoms with Crippen LogP contribution in [0.2, 0.25) is 0 Å². The minimum atomic E-state index is -0.877. The number of ether oxygens (including phenoxy) is 1. The Bertz CT molecular complexity index is 254. The Kier molecular flexibility index (Phi) is 5.94. The molecule has 0 aromatic carbocycles. The first kappa shape index (κ1) is 13.6. The number of carbonyl (C=O) groups is 1. The SMILES string of the molecule is CC(CS(C)=O)NC(=O)CC1CNCCO1. The van der Waals surface area contributed by atoms with Gasteiger partial charge in [0.1, 0.15) is 0 Å². The molecular formula is C10H20N2O3S. The molecule has 0 aliphatic carbocycles. The van der Waals surface area contributed by atoms with E-state index in [1.165, 1.54) is 0 Å². The molecule has 1 amide bonds. The average Bonchev–Trinajstić information content (AvgIpc) is 2.17. The van der Waals surface area contributed by atoms with Crippen LogP contribution in [-0.2, 0) is 20.3 Å². The number of hydrogen-bond donors (Lipinski definition) is 2. The van der Waals surface area contributed by atoms with Gasteiger partial charge < -0.3 is 15.4 Å². The van der Waals surface area contributed by atoms with Crippen molar-refractivity contribution in [2.45, 2.75) is 25.5 Å². The van der Waals surface area contributed by atoms with E-state index in [1.54, 1.807) is 6.26 Å². The molecule has 5 nitrogen and oxygen atoms in total. The molecule has 1 heterocycles. The lowest BCUT2D eigenvalue weighted by molar-refractivity contribution is -0.124. The molecule has 1 rings (SSSR count). The van der Waals surface area contributed by atoms with Crippen molar-refractivity contribution in [2.24, 2.45) is 0 Å². The number of nitrogens with one attached hydrogen (secondary N) is 2. The number of hydrogen-bond acceptors (Lipinski definition) is 4. The monoisotopic (exact) mass is 248 g/mol. The Labute approximate surface area is 98.8 Å². The van der Waals surface area contributed by atoms with Crippen LogP contribution in [0.1, 0.15) is 13.3 Å². The lowest BCUT2D eigenvalue weighted by Crippen LogP contribution is -2.43. The van der Waals surface area contributed by atoms with Gasteiger partial charge in [0.15, 0.2) is 0 Å². The molecule has 16 heavy (non-hydrogen) atoms. The quantitative estimate of drug-likeness (QED) is 0.672. The molecule has 94 valence electrons. The van der Waals surface area contributed by atoms with Crippen LogP contribution in [0.25, 0.3) is 0 Å².